The number of carbonyl (C=O) groups excluding carboxylic acids is 1. The maximum Gasteiger partial charge on any atom is 0.345 e. The Labute approximate surface area is 84.4 Å². The summed E-state index contributed by atoms with van der Waals surface area (Å²) in [7, 11) is 0. The number of carbonyl (C=O) groups is 1. The first-order valence-corrected chi connectivity index (χ1v) is 4.70. The number of rotatable bonds is 6. The van der Waals surface area contributed by atoms with Gasteiger partial charge in [-0.15, -0.1) is 0 Å². The second-order valence-electron chi connectivity index (χ2n) is 3.70. The molecule has 0 fully saturated rings. The molecule has 1 N–H and O–H groups in total. The molecular formula is C10H18O4. The monoisotopic (exact) mass is 202 g/mol. The summed E-state index contributed by atoms with van der Waals surface area (Å²) in [6.45, 7) is 6.04. The quantitative estimate of drug-likeness (QED) is 0.408. The van der Waals surface area contributed by atoms with Gasteiger partial charge in [0.2, 0.25) is 0 Å². The van der Waals surface area contributed by atoms with Crippen LogP contribution in [0.5, 0.6) is 0 Å². The molecule has 0 radical (unpaired) electrons. The molecule has 0 aromatic heterocycles. The van der Waals surface area contributed by atoms with E-state index in [1.807, 2.05) is 20.8 Å². The third kappa shape index (κ3) is 7.76. The van der Waals surface area contributed by atoms with Crippen molar-refractivity contribution in [3.05, 3.63) is 11.6 Å². The van der Waals surface area contributed by atoms with Gasteiger partial charge in [-0.3, -0.25) is 4.89 Å². The molecule has 0 aromatic rings. The van der Waals surface area contributed by atoms with Gasteiger partial charge in [0.1, 0.15) is 0 Å². The molecule has 0 aliphatic heterocycles. The first-order valence-electron chi connectivity index (χ1n) is 4.70. The van der Waals surface area contributed by atoms with Gasteiger partial charge in [-0.25, -0.2) is 10.1 Å². The molecule has 0 rings (SSSR count). The van der Waals surface area contributed by atoms with E-state index in [1.54, 1.807) is 0 Å². The van der Waals surface area contributed by atoms with E-state index in [1.165, 1.54) is 5.57 Å². The third-order valence-corrected chi connectivity index (χ3v) is 1.86. The van der Waals surface area contributed by atoms with E-state index < -0.39 is 5.97 Å². The Balaban J connectivity index is 3.59. The van der Waals surface area contributed by atoms with Gasteiger partial charge in [-0.2, -0.15) is 0 Å². The minimum absolute atomic E-state index is 0.230. The molecule has 0 spiro atoms. The highest BCUT2D eigenvalue weighted by molar-refractivity contribution is 5.68. The average Bonchev–Trinajstić information content (AvgIpc) is 2.03. The predicted molar refractivity (Wildman–Crippen MR) is 52.3 cm³/mol. The lowest BCUT2D eigenvalue weighted by atomic mass is 10.0. The lowest BCUT2D eigenvalue weighted by Crippen LogP contribution is -2.08. The van der Waals surface area contributed by atoms with Crippen LogP contribution in [0.4, 0.5) is 0 Å². The highest BCUT2D eigenvalue weighted by Crippen LogP contribution is 2.12. The predicted octanol–water partition coefficient (Wildman–Crippen LogP) is 2.71. The fourth-order valence-corrected chi connectivity index (χ4v) is 1.12. The Morgan fingerprint density at radius 3 is 2.64 bits per heavy atom. The van der Waals surface area contributed by atoms with E-state index in [0.717, 1.165) is 12.8 Å². The van der Waals surface area contributed by atoms with E-state index in [0.29, 0.717) is 0 Å². The van der Waals surface area contributed by atoms with E-state index in [-0.39, 0.29) is 12.3 Å². The van der Waals surface area contributed by atoms with Crippen molar-refractivity contribution in [3.63, 3.8) is 0 Å². The van der Waals surface area contributed by atoms with Crippen LogP contribution < -0.4 is 0 Å². The zero-order valence-electron chi connectivity index (χ0n) is 8.95. The summed E-state index contributed by atoms with van der Waals surface area (Å²) in [4.78, 5) is 14.8. The number of hydrogen-bond acceptors (Lipinski definition) is 4. The summed E-state index contributed by atoms with van der Waals surface area (Å²) in [6.07, 6.45) is 4.27. The molecular weight excluding hydrogens is 184 g/mol. The maximum absolute atomic E-state index is 10.8. The molecule has 0 bridgehead atoms. The van der Waals surface area contributed by atoms with Gasteiger partial charge in [-0.1, -0.05) is 18.6 Å². The fraction of sp³-hybridized carbons (Fsp3) is 0.700. The van der Waals surface area contributed by atoms with Crippen LogP contribution in [0, 0.1) is 5.92 Å². The van der Waals surface area contributed by atoms with Gasteiger partial charge >= 0.3 is 5.97 Å². The lowest BCUT2D eigenvalue weighted by Gasteiger charge is -2.07. The van der Waals surface area contributed by atoms with Crippen LogP contribution in [-0.4, -0.2) is 11.2 Å². The van der Waals surface area contributed by atoms with Gasteiger partial charge in [0, 0.05) is 0 Å². The minimum atomic E-state index is -0.544. The smallest absolute Gasteiger partial charge is 0.269 e. The molecule has 0 saturated carbocycles. The Morgan fingerprint density at radius 1 is 1.50 bits per heavy atom. The van der Waals surface area contributed by atoms with Crippen molar-refractivity contribution < 1.29 is 20.0 Å². The Bertz CT molecular complexity index is 194. The Hall–Kier alpha value is -0.870. The van der Waals surface area contributed by atoms with Gasteiger partial charge in [0.05, 0.1) is 6.42 Å². The molecule has 0 aromatic carbocycles. The van der Waals surface area contributed by atoms with E-state index in [2.05, 4.69) is 16.0 Å². The van der Waals surface area contributed by atoms with Crippen molar-refractivity contribution in [1.29, 1.82) is 0 Å². The van der Waals surface area contributed by atoms with Crippen molar-refractivity contribution in [2.45, 2.75) is 40.0 Å². The van der Waals surface area contributed by atoms with E-state index in [9.17, 15) is 4.79 Å². The molecule has 0 amide bonds. The van der Waals surface area contributed by atoms with Gasteiger partial charge in [-0.05, 0) is 37.6 Å². The van der Waals surface area contributed by atoms with Crippen LogP contribution in [0.2, 0.25) is 0 Å². The molecule has 0 aliphatic carbocycles. The zero-order valence-corrected chi connectivity index (χ0v) is 8.95. The third-order valence-electron chi connectivity index (χ3n) is 1.86. The van der Waals surface area contributed by atoms with Crippen LogP contribution >= 0.6 is 0 Å². The van der Waals surface area contributed by atoms with E-state index in [4.69, 9.17) is 5.26 Å². The normalized spacial score (nSPS) is 12.0. The van der Waals surface area contributed by atoms with Crippen LogP contribution in [-0.2, 0) is 14.7 Å². The van der Waals surface area contributed by atoms with Crippen LogP contribution in [0.1, 0.15) is 40.0 Å². The second kappa shape index (κ2) is 7.53. The summed E-state index contributed by atoms with van der Waals surface area (Å²) in [5.74, 6) is -0.314. The highest BCUT2D eigenvalue weighted by Gasteiger charge is 2.10. The largest absolute Gasteiger partial charge is 0.345 e. The van der Waals surface area contributed by atoms with Gasteiger partial charge < -0.3 is 0 Å². The average molecular weight is 202 g/mol. The summed E-state index contributed by atoms with van der Waals surface area (Å²) < 4.78 is 0. The standard InChI is InChI=1S/C10H18O4/c1-8(2)5-4-6-9(3)7-10(11)13-14-12/h5,9,12H,4,6-7H2,1-3H3/t9-/m1/s1. The lowest BCUT2D eigenvalue weighted by molar-refractivity contribution is -0.462. The van der Waals surface area contributed by atoms with Crippen LogP contribution in [0.3, 0.4) is 0 Å². The highest BCUT2D eigenvalue weighted by atomic mass is 17.5. The summed E-state index contributed by atoms with van der Waals surface area (Å²) in [5, 5.41) is 11.1. The van der Waals surface area contributed by atoms with E-state index >= 15 is 0 Å². The molecule has 0 heterocycles. The topological polar surface area (TPSA) is 55.8 Å². The van der Waals surface area contributed by atoms with Crippen molar-refractivity contribution in [3.8, 4) is 0 Å². The molecule has 82 valence electrons. The number of hydrogen-bond donors (Lipinski definition) is 1. The zero-order chi connectivity index (χ0) is 11.0. The van der Waals surface area contributed by atoms with Gasteiger partial charge in [0.25, 0.3) is 0 Å². The van der Waals surface area contributed by atoms with Crippen molar-refractivity contribution in [1.82, 2.24) is 0 Å². The summed E-state index contributed by atoms with van der Waals surface area (Å²) in [5.41, 5.74) is 1.28. The molecule has 4 heteroatoms. The summed E-state index contributed by atoms with van der Waals surface area (Å²) >= 11 is 0. The molecule has 4 nitrogen and oxygen atoms in total. The minimum Gasteiger partial charge on any atom is -0.269 e. The Kier molecular flexibility index (Phi) is 7.06. The Morgan fingerprint density at radius 2 is 2.14 bits per heavy atom. The first-order chi connectivity index (χ1) is 6.56. The molecule has 0 saturated heterocycles. The fourth-order valence-electron chi connectivity index (χ4n) is 1.12. The second-order valence-corrected chi connectivity index (χ2v) is 3.70. The number of allylic oxidation sites excluding steroid dienone is 2. The van der Waals surface area contributed by atoms with Crippen LogP contribution in [0.25, 0.3) is 0 Å². The van der Waals surface area contributed by atoms with Crippen molar-refractivity contribution in [2.75, 3.05) is 0 Å². The van der Waals surface area contributed by atoms with Crippen molar-refractivity contribution in [2.24, 2.45) is 5.92 Å². The summed E-state index contributed by atoms with van der Waals surface area (Å²) in [6, 6.07) is 0. The SMILES string of the molecule is CC(C)=CCC[C@@H](C)CC(=O)OOO. The molecule has 1 atom stereocenters. The van der Waals surface area contributed by atoms with Crippen molar-refractivity contribution >= 4 is 5.97 Å². The maximum atomic E-state index is 10.8. The molecule has 0 unspecified atom stereocenters. The molecule has 14 heavy (non-hydrogen) atoms. The van der Waals surface area contributed by atoms with Crippen LogP contribution in [0.15, 0.2) is 11.6 Å². The molecule has 0 aliphatic rings. The first kappa shape index (κ1) is 13.1. The van der Waals surface area contributed by atoms with Gasteiger partial charge in [0.15, 0.2) is 0 Å².